The molecular weight excluding hydrogens is 430 g/mol. The van der Waals surface area contributed by atoms with Gasteiger partial charge in [-0.1, -0.05) is 11.8 Å². The number of carbonyl (C=O) groups is 2. The number of esters is 1. The number of fused-ring (bicyclic) bond motifs is 1. The highest BCUT2D eigenvalue weighted by molar-refractivity contribution is 8.16. The van der Waals surface area contributed by atoms with Gasteiger partial charge < -0.3 is 24.4 Å². The number of thioether (sulfide) groups is 1. The molecule has 3 aliphatic rings. The van der Waals surface area contributed by atoms with Gasteiger partial charge in [0.1, 0.15) is 11.5 Å². The number of amides is 1. The molecule has 1 saturated carbocycles. The van der Waals surface area contributed by atoms with Crippen molar-refractivity contribution < 1.29 is 23.8 Å². The maximum Gasteiger partial charge on any atom is 0.338 e. The highest BCUT2D eigenvalue weighted by Crippen LogP contribution is 2.47. The van der Waals surface area contributed by atoms with Gasteiger partial charge in [-0.2, -0.15) is 0 Å². The molecule has 1 aromatic rings. The van der Waals surface area contributed by atoms with Crippen LogP contribution in [0.2, 0.25) is 0 Å². The van der Waals surface area contributed by atoms with E-state index in [1.807, 2.05) is 22.4 Å². The molecule has 2 heterocycles. The number of benzene rings is 1. The molecule has 170 valence electrons. The lowest BCUT2D eigenvalue weighted by atomic mass is 9.92. The van der Waals surface area contributed by atoms with Crippen LogP contribution in [0.3, 0.4) is 0 Å². The SMILES string of the molecule is CCOC(=O)C1=C(C)N=C2SC=C(CC(=O)NC3CC3)N2[C@H]1c1cc(OC)ccc1OC. The number of nitrogens with one attached hydrogen (secondary N) is 1. The van der Waals surface area contributed by atoms with E-state index in [0.29, 0.717) is 27.9 Å². The van der Waals surface area contributed by atoms with Crippen molar-refractivity contribution in [1.82, 2.24) is 10.2 Å². The van der Waals surface area contributed by atoms with Crippen molar-refractivity contribution in [2.45, 2.75) is 45.2 Å². The van der Waals surface area contributed by atoms with Gasteiger partial charge in [0, 0.05) is 17.3 Å². The first-order valence-electron chi connectivity index (χ1n) is 10.6. The fraction of sp³-hybridized carbons (Fsp3) is 0.435. The molecule has 2 aliphatic heterocycles. The Hall–Kier alpha value is -2.94. The van der Waals surface area contributed by atoms with Gasteiger partial charge in [0.05, 0.1) is 44.6 Å². The summed E-state index contributed by atoms with van der Waals surface area (Å²) in [7, 11) is 3.17. The van der Waals surface area contributed by atoms with E-state index in [9.17, 15) is 9.59 Å². The second kappa shape index (κ2) is 9.28. The van der Waals surface area contributed by atoms with E-state index in [-0.39, 0.29) is 25.0 Å². The Morgan fingerprint density at radius 2 is 2.03 bits per heavy atom. The van der Waals surface area contributed by atoms with Crippen LogP contribution in [-0.2, 0) is 14.3 Å². The van der Waals surface area contributed by atoms with E-state index in [2.05, 4.69) is 10.3 Å². The molecule has 1 amide bonds. The lowest BCUT2D eigenvalue weighted by molar-refractivity contribution is -0.139. The van der Waals surface area contributed by atoms with E-state index in [1.165, 1.54) is 11.8 Å². The van der Waals surface area contributed by atoms with E-state index >= 15 is 0 Å². The molecule has 8 nitrogen and oxygen atoms in total. The Balaban J connectivity index is 1.79. The molecule has 32 heavy (non-hydrogen) atoms. The summed E-state index contributed by atoms with van der Waals surface area (Å²) in [5, 5.41) is 5.66. The number of ether oxygens (including phenoxy) is 3. The molecule has 0 bridgehead atoms. The second-order valence-corrected chi connectivity index (χ2v) is 8.58. The number of nitrogens with zero attached hydrogens (tertiary/aromatic N) is 2. The normalized spacial score (nSPS) is 19.8. The number of aliphatic imine (C=N–C) groups is 1. The number of carbonyl (C=O) groups excluding carboxylic acids is 2. The zero-order valence-electron chi connectivity index (χ0n) is 18.6. The molecule has 9 heteroatoms. The van der Waals surface area contributed by atoms with Crippen molar-refractivity contribution in [3.05, 3.63) is 46.1 Å². The molecule has 0 aromatic heterocycles. The fourth-order valence-corrected chi connectivity index (χ4v) is 4.82. The Labute approximate surface area is 191 Å². The average Bonchev–Trinajstić information content (AvgIpc) is 3.51. The van der Waals surface area contributed by atoms with Gasteiger partial charge in [-0.05, 0) is 50.3 Å². The largest absolute Gasteiger partial charge is 0.497 e. The molecule has 0 spiro atoms. The second-order valence-electron chi connectivity index (χ2n) is 7.74. The third-order valence-corrected chi connectivity index (χ3v) is 6.40. The molecule has 1 atom stereocenters. The van der Waals surface area contributed by atoms with Crippen LogP contribution in [0.4, 0.5) is 0 Å². The van der Waals surface area contributed by atoms with Crippen LogP contribution >= 0.6 is 11.8 Å². The lowest BCUT2D eigenvalue weighted by Gasteiger charge is -2.36. The van der Waals surface area contributed by atoms with Crippen molar-refractivity contribution in [2.24, 2.45) is 4.99 Å². The quantitative estimate of drug-likeness (QED) is 0.598. The van der Waals surface area contributed by atoms with Crippen LogP contribution in [0.5, 0.6) is 11.5 Å². The minimum atomic E-state index is -0.568. The standard InChI is InChI=1S/C23H27N3O5S/c1-5-31-22(28)20-13(2)24-23-26(15(12-32-23)10-19(27)25-14-6-7-14)21(20)17-11-16(29-3)8-9-18(17)30-4/h8-9,11-12,14,21H,5-7,10H2,1-4H3,(H,25,27)/t21-/m0/s1. The van der Waals surface area contributed by atoms with Gasteiger partial charge in [-0.15, -0.1) is 0 Å². The first kappa shape index (κ1) is 22.3. The maximum absolute atomic E-state index is 13.1. The van der Waals surface area contributed by atoms with Gasteiger partial charge in [0.15, 0.2) is 5.17 Å². The number of rotatable bonds is 8. The van der Waals surface area contributed by atoms with Crippen LogP contribution in [0, 0.1) is 0 Å². The molecule has 1 aliphatic carbocycles. The van der Waals surface area contributed by atoms with Crippen LogP contribution in [0.15, 0.2) is 45.6 Å². The van der Waals surface area contributed by atoms with Crippen LogP contribution in [-0.4, -0.2) is 48.8 Å². The summed E-state index contributed by atoms with van der Waals surface area (Å²) in [6.45, 7) is 3.82. The Morgan fingerprint density at radius 3 is 2.69 bits per heavy atom. The topological polar surface area (TPSA) is 89.5 Å². The van der Waals surface area contributed by atoms with Crippen molar-refractivity contribution in [3.8, 4) is 11.5 Å². The van der Waals surface area contributed by atoms with Gasteiger partial charge in [-0.25, -0.2) is 9.79 Å². The predicted molar refractivity (Wildman–Crippen MR) is 122 cm³/mol. The summed E-state index contributed by atoms with van der Waals surface area (Å²) in [5.41, 5.74) is 2.50. The highest BCUT2D eigenvalue weighted by atomic mass is 32.2. The van der Waals surface area contributed by atoms with Gasteiger partial charge in [0.2, 0.25) is 5.91 Å². The summed E-state index contributed by atoms with van der Waals surface area (Å²) in [6, 6.07) is 5.17. The first-order chi connectivity index (χ1) is 15.5. The minimum absolute atomic E-state index is 0.0408. The van der Waals surface area contributed by atoms with Crippen molar-refractivity contribution in [1.29, 1.82) is 0 Å². The number of amidine groups is 1. The van der Waals surface area contributed by atoms with Crippen molar-refractivity contribution in [2.75, 3.05) is 20.8 Å². The van der Waals surface area contributed by atoms with Gasteiger partial charge in [0.25, 0.3) is 0 Å². The lowest BCUT2D eigenvalue weighted by Crippen LogP contribution is -2.38. The number of allylic oxidation sites excluding steroid dienone is 1. The summed E-state index contributed by atoms with van der Waals surface area (Å²) in [5.74, 6) is 0.752. The minimum Gasteiger partial charge on any atom is -0.497 e. The number of hydrogen-bond acceptors (Lipinski definition) is 8. The van der Waals surface area contributed by atoms with Crippen LogP contribution < -0.4 is 14.8 Å². The van der Waals surface area contributed by atoms with Gasteiger partial charge >= 0.3 is 5.97 Å². The Bertz CT molecular complexity index is 1030. The predicted octanol–water partition coefficient (Wildman–Crippen LogP) is 3.51. The van der Waals surface area contributed by atoms with E-state index in [0.717, 1.165) is 24.1 Å². The van der Waals surface area contributed by atoms with E-state index < -0.39 is 12.0 Å². The zero-order valence-corrected chi connectivity index (χ0v) is 19.5. The molecule has 1 N–H and O–H groups in total. The van der Waals surface area contributed by atoms with Crippen molar-refractivity contribution in [3.63, 3.8) is 0 Å². The van der Waals surface area contributed by atoms with E-state index in [4.69, 9.17) is 14.2 Å². The van der Waals surface area contributed by atoms with E-state index in [1.54, 1.807) is 34.1 Å². The maximum atomic E-state index is 13.1. The fourth-order valence-electron chi connectivity index (χ4n) is 3.86. The third-order valence-electron chi connectivity index (χ3n) is 5.51. The summed E-state index contributed by atoms with van der Waals surface area (Å²) in [4.78, 5) is 32.3. The molecule has 1 fully saturated rings. The summed E-state index contributed by atoms with van der Waals surface area (Å²) < 4.78 is 16.5. The molecule has 0 unspecified atom stereocenters. The highest BCUT2D eigenvalue weighted by Gasteiger charge is 2.42. The molecule has 0 radical (unpaired) electrons. The Morgan fingerprint density at radius 1 is 1.25 bits per heavy atom. The summed E-state index contributed by atoms with van der Waals surface area (Å²) in [6.07, 6.45) is 2.24. The monoisotopic (exact) mass is 457 g/mol. The van der Waals surface area contributed by atoms with Gasteiger partial charge in [-0.3, -0.25) is 4.79 Å². The smallest absolute Gasteiger partial charge is 0.338 e. The van der Waals surface area contributed by atoms with Crippen LogP contribution in [0.1, 0.15) is 44.7 Å². The summed E-state index contributed by atoms with van der Waals surface area (Å²) >= 11 is 1.44. The molecule has 4 rings (SSSR count). The van der Waals surface area contributed by atoms with Crippen molar-refractivity contribution >= 4 is 28.8 Å². The molecular formula is C23H27N3O5S. The average molecular weight is 458 g/mol. The number of methoxy groups -OCH3 is 2. The Kier molecular flexibility index (Phi) is 6.45. The van der Waals surface area contributed by atoms with Crippen LogP contribution in [0.25, 0.3) is 0 Å². The third kappa shape index (κ3) is 4.34. The zero-order chi connectivity index (χ0) is 22.8. The number of hydrogen-bond donors (Lipinski definition) is 1. The first-order valence-corrected chi connectivity index (χ1v) is 11.5. The molecule has 1 aromatic carbocycles. The molecule has 0 saturated heterocycles.